The monoisotopic (exact) mass is 325 g/mol. The average Bonchev–Trinajstić information content (AvgIpc) is 2.88. The van der Waals surface area contributed by atoms with Crippen LogP contribution >= 0.6 is 15.9 Å². The fourth-order valence-electron chi connectivity index (χ4n) is 2.08. The fourth-order valence-corrected chi connectivity index (χ4v) is 2.59. The summed E-state index contributed by atoms with van der Waals surface area (Å²) < 4.78 is 0.739. The number of nitrogen functional groups attached to an aromatic ring is 1. The van der Waals surface area contributed by atoms with Gasteiger partial charge < -0.3 is 16.0 Å². The summed E-state index contributed by atoms with van der Waals surface area (Å²) in [5.74, 6) is -0.325. The number of nitrogens with zero attached hydrogens (tertiary/aromatic N) is 1. The van der Waals surface area contributed by atoms with Gasteiger partial charge >= 0.3 is 0 Å². The Hall–Kier alpha value is -1.56. The van der Waals surface area contributed by atoms with E-state index in [9.17, 15) is 9.59 Å². The molecule has 0 aromatic heterocycles. The lowest BCUT2D eigenvalue weighted by Crippen LogP contribution is -2.38. The Morgan fingerprint density at radius 2 is 1.95 bits per heavy atom. The van der Waals surface area contributed by atoms with Crippen LogP contribution in [0.2, 0.25) is 0 Å². The number of carbonyl (C=O) groups is 2. The van der Waals surface area contributed by atoms with E-state index in [1.807, 2.05) is 0 Å². The number of hydrogen-bond donors (Lipinski definition) is 2. The van der Waals surface area contributed by atoms with Crippen LogP contribution in [-0.4, -0.2) is 36.3 Å². The van der Waals surface area contributed by atoms with Crippen LogP contribution in [0, 0.1) is 0 Å². The standard InChI is InChI=1S/C13H16BrN3O2/c14-10-5-9(6-11(15)7-10)13(19)16-8-12(18)17-3-1-2-4-17/h5-7H,1-4,8,15H2,(H,16,19). The second kappa shape index (κ2) is 6.06. The molecule has 0 bridgehead atoms. The smallest absolute Gasteiger partial charge is 0.251 e. The molecule has 0 atom stereocenters. The lowest BCUT2D eigenvalue weighted by Gasteiger charge is -2.15. The number of nitrogens with two attached hydrogens (primary N) is 1. The highest BCUT2D eigenvalue weighted by atomic mass is 79.9. The number of amides is 2. The van der Waals surface area contributed by atoms with Crippen LogP contribution in [0.3, 0.4) is 0 Å². The van der Waals surface area contributed by atoms with Crippen LogP contribution in [0.4, 0.5) is 5.69 Å². The highest BCUT2D eigenvalue weighted by molar-refractivity contribution is 9.10. The third-order valence-electron chi connectivity index (χ3n) is 3.04. The molecule has 1 aromatic carbocycles. The molecule has 5 nitrogen and oxygen atoms in total. The van der Waals surface area contributed by atoms with Crippen LogP contribution in [0.1, 0.15) is 23.2 Å². The van der Waals surface area contributed by atoms with Gasteiger partial charge in [-0.25, -0.2) is 0 Å². The molecule has 0 spiro atoms. The first kappa shape index (κ1) is 13.9. The minimum atomic E-state index is -0.291. The average molecular weight is 326 g/mol. The fraction of sp³-hybridized carbons (Fsp3) is 0.385. The Labute approximate surface area is 120 Å². The molecule has 1 aliphatic heterocycles. The van der Waals surface area contributed by atoms with Gasteiger partial charge in [-0.1, -0.05) is 15.9 Å². The number of carbonyl (C=O) groups excluding carboxylic acids is 2. The maximum atomic E-state index is 11.9. The topological polar surface area (TPSA) is 75.4 Å². The molecule has 0 saturated carbocycles. The number of nitrogens with one attached hydrogen (secondary N) is 1. The van der Waals surface area contributed by atoms with Gasteiger partial charge in [-0.2, -0.15) is 0 Å². The molecule has 2 rings (SSSR count). The maximum absolute atomic E-state index is 11.9. The first-order chi connectivity index (χ1) is 9.06. The number of anilines is 1. The van der Waals surface area contributed by atoms with E-state index >= 15 is 0 Å². The summed E-state index contributed by atoms with van der Waals surface area (Å²) >= 11 is 3.28. The SMILES string of the molecule is Nc1cc(Br)cc(C(=O)NCC(=O)N2CCCC2)c1. The minimum Gasteiger partial charge on any atom is -0.399 e. The molecule has 1 fully saturated rings. The van der Waals surface area contributed by atoms with Crippen molar-refractivity contribution in [3.05, 3.63) is 28.2 Å². The lowest BCUT2D eigenvalue weighted by atomic mass is 10.2. The normalized spacial score (nSPS) is 14.5. The summed E-state index contributed by atoms with van der Waals surface area (Å²) in [6.07, 6.45) is 2.09. The zero-order chi connectivity index (χ0) is 13.8. The second-order valence-electron chi connectivity index (χ2n) is 4.54. The first-order valence-corrected chi connectivity index (χ1v) is 6.97. The zero-order valence-electron chi connectivity index (χ0n) is 10.5. The van der Waals surface area contributed by atoms with E-state index in [1.165, 1.54) is 0 Å². The Morgan fingerprint density at radius 1 is 1.26 bits per heavy atom. The van der Waals surface area contributed by atoms with Gasteiger partial charge in [-0.05, 0) is 31.0 Å². The van der Waals surface area contributed by atoms with E-state index in [-0.39, 0.29) is 18.4 Å². The number of likely N-dealkylation sites (tertiary alicyclic amines) is 1. The number of benzene rings is 1. The summed E-state index contributed by atoms with van der Waals surface area (Å²) in [6.45, 7) is 1.61. The Kier molecular flexibility index (Phi) is 4.42. The van der Waals surface area contributed by atoms with Crippen molar-refractivity contribution in [2.75, 3.05) is 25.4 Å². The van der Waals surface area contributed by atoms with E-state index in [2.05, 4.69) is 21.2 Å². The Balaban J connectivity index is 1.91. The molecular weight excluding hydrogens is 310 g/mol. The van der Waals surface area contributed by atoms with Crippen LogP contribution in [0.25, 0.3) is 0 Å². The van der Waals surface area contributed by atoms with Gasteiger partial charge in [-0.15, -0.1) is 0 Å². The van der Waals surface area contributed by atoms with E-state index in [0.29, 0.717) is 11.3 Å². The molecule has 2 amide bonds. The molecular formula is C13H16BrN3O2. The molecule has 19 heavy (non-hydrogen) atoms. The van der Waals surface area contributed by atoms with Gasteiger partial charge in [0.05, 0.1) is 6.54 Å². The van der Waals surface area contributed by atoms with Gasteiger partial charge in [0.2, 0.25) is 5.91 Å². The van der Waals surface area contributed by atoms with Crippen LogP contribution in [0.15, 0.2) is 22.7 Å². The Morgan fingerprint density at radius 3 is 2.58 bits per heavy atom. The molecule has 0 aliphatic carbocycles. The summed E-state index contributed by atoms with van der Waals surface area (Å²) in [4.78, 5) is 25.5. The molecule has 102 valence electrons. The van der Waals surface area contributed by atoms with Gasteiger partial charge in [0.1, 0.15) is 0 Å². The third-order valence-corrected chi connectivity index (χ3v) is 3.50. The third kappa shape index (κ3) is 3.70. The largest absolute Gasteiger partial charge is 0.399 e. The quantitative estimate of drug-likeness (QED) is 0.824. The van der Waals surface area contributed by atoms with Gasteiger partial charge in [0.15, 0.2) is 0 Å². The highest BCUT2D eigenvalue weighted by Crippen LogP contribution is 2.17. The van der Waals surface area contributed by atoms with Crippen molar-refractivity contribution >= 4 is 33.4 Å². The second-order valence-corrected chi connectivity index (χ2v) is 5.46. The van der Waals surface area contributed by atoms with E-state index in [0.717, 1.165) is 30.4 Å². The lowest BCUT2D eigenvalue weighted by molar-refractivity contribution is -0.129. The summed E-state index contributed by atoms with van der Waals surface area (Å²) in [7, 11) is 0. The summed E-state index contributed by atoms with van der Waals surface area (Å²) in [5.41, 5.74) is 6.62. The van der Waals surface area contributed by atoms with Crippen molar-refractivity contribution in [2.24, 2.45) is 0 Å². The molecule has 1 saturated heterocycles. The van der Waals surface area contributed by atoms with Gasteiger partial charge in [0, 0.05) is 28.8 Å². The first-order valence-electron chi connectivity index (χ1n) is 6.18. The molecule has 1 heterocycles. The van der Waals surface area contributed by atoms with Crippen molar-refractivity contribution < 1.29 is 9.59 Å². The summed E-state index contributed by atoms with van der Waals surface area (Å²) in [6, 6.07) is 4.97. The summed E-state index contributed by atoms with van der Waals surface area (Å²) in [5, 5.41) is 2.62. The van der Waals surface area contributed by atoms with Crippen molar-refractivity contribution in [3.63, 3.8) is 0 Å². The zero-order valence-corrected chi connectivity index (χ0v) is 12.1. The highest BCUT2D eigenvalue weighted by Gasteiger charge is 2.18. The molecule has 1 aliphatic rings. The maximum Gasteiger partial charge on any atom is 0.251 e. The van der Waals surface area contributed by atoms with Crippen molar-refractivity contribution in [3.8, 4) is 0 Å². The number of hydrogen-bond acceptors (Lipinski definition) is 3. The minimum absolute atomic E-state index is 0.0330. The number of halogens is 1. The van der Waals surface area contributed by atoms with E-state index < -0.39 is 0 Å². The molecule has 0 radical (unpaired) electrons. The predicted molar refractivity (Wildman–Crippen MR) is 76.7 cm³/mol. The van der Waals surface area contributed by atoms with Gasteiger partial charge in [-0.3, -0.25) is 9.59 Å². The van der Waals surface area contributed by atoms with Crippen LogP contribution < -0.4 is 11.1 Å². The van der Waals surface area contributed by atoms with E-state index in [1.54, 1.807) is 23.1 Å². The molecule has 6 heteroatoms. The van der Waals surface area contributed by atoms with Crippen LogP contribution in [0.5, 0.6) is 0 Å². The molecule has 1 aromatic rings. The van der Waals surface area contributed by atoms with Crippen molar-refractivity contribution in [2.45, 2.75) is 12.8 Å². The molecule has 3 N–H and O–H groups in total. The van der Waals surface area contributed by atoms with Gasteiger partial charge in [0.25, 0.3) is 5.91 Å². The Bertz CT molecular complexity index is 478. The van der Waals surface area contributed by atoms with Crippen molar-refractivity contribution in [1.29, 1.82) is 0 Å². The van der Waals surface area contributed by atoms with Crippen LogP contribution in [-0.2, 0) is 4.79 Å². The van der Waals surface area contributed by atoms with Crippen molar-refractivity contribution in [1.82, 2.24) is 10.2 Å². The number of rotatable bonds is 3. The predicted octanol–water partition coefficient (Wildman–Crippen LogP) is 1.38. The van der Waals surface area contributed by atoms with E-state index in [4.69, 9.17) is 5.73 Å². The molecule has 0 unspecified atom stereocenters.